The number of amides is 2. The molecule has 13 heteroatoms. The zero-order chi connectivity index (χ0) is 35.5. The highest BCUT2D eigenvalue weighted by molar-refractivity contribution is 7.80. The van der Waals surface area contributed by atoms with E-state index < -0.39 is 46.9 Å². The minimum absolute atomic E-state index is 0.0416. The van der Waals surface area contributed by atoms with Crippen LogP contribution in [0.25, 0.3) is 10.9 Å². The fraction of sp³-hybridized carbons (Fsp3) is 0.389. The first-order valence-electron chi connectivity index (χ1n) is 16.1. The summed E-state index contributed by atoms with van der Waals surface area (Å²) >= 11 is 6.72. The van der Waals surface area contributed by atoms with Gasteiger partial charge in [-0.3, -0.25) is 14.4 Å². The van der Waals surface area contributed by atoms with Crippen molar-refractivity contribution in [3.8, 4) is 0 Å². The standard InChI is InChI=1S/C36H38F4N4O3S2/c1-3-20(2)24(33(41)48)18-30(45)35(14-13-28-25(19-35)23-10-6-11-26(32(23)43-28)36(38,39)40)44-34(47)29(17-22-9-7-15-49-22)42-31(46)16-21-8-4-5-12-27(21)37/h4-12,15,20,24,29,43H,3,13-14,16-19H2,1-2H3,(H2,41,48)(H,42,46)(H,44,47)/t20?,24-,29+,35+/m0/s1. The van der Waals surface area contributed by atoms with Crippen molar-refractivity contribution in [2.45, 2.75) is 76.6 Å². The van der Waals surface area contributed by atoms with Crippen molar-refractivity contribution in [2.75, 3.05) is 0 Å². The number of nitrogens with two attached hydrogens (primary N) is 1. The zero-order valence-corrected chi connectivity index (χ0v) is 28.7. The summed E-state index contributed by atoms with van der Waals surface area (Å²) in [4.78, 5) is 45.8. The molecule has 1 aliphatic rings. The number of para-hydroxylation sites is 1. The smallest absolute Gasteiger partial charge is 0.393 e. The van der Waals surface area contributed by atoms with Crippen LogP contribution in [0.5, 0.6) is 0 Å². The number of hydrogen-bond acceptors (Lipinski definition) is 5. The van der Waals surface area contributed by atoms with Gasteiger partial charge in [-0.05, 0) is 53.5 Å². The van der Waals surface area contributed by atoms with Crippen LogP contribution in [0.3, 0.4) is 0 Å². The number of Topliss-reactive ketones (excluding diaryl/α,β-unsaturated/α-hetero) is 1. The topological polar surface area (TPSA) is 117 Å². The van der Waals surface area contributed by atoms with Crippen LogP contribution in [-0.4, -0.2) is 39.2 Å². The number of aromatic nitrogens is 1. The number of nitrogens with one attached hydrogen (secondary N) is 3. The Labute approximate surface area is 291 Å². The van der Waals surface area contributed by atoms with Gasteiger partial charge in [0.1, 0.15) is 17.4 Å². The number of thiocarbonyl (C=S) groups is 1. The molecule has 0 saturated heterocycles. The van der Waals surface area contributed by atoms with Crippen molar-refractivity contribution in [1.82, 2.24) is 15.6 Å². The van der Waals surface area contributed by atoms with Gasteiger partial charge in [-0.25, -0.2) is 4.39 Å². The lowest BCUT2D eigenvalue weighted by atomic mass is 9.73. The van der Waals surface area contributed by atoms with Crippen molar-refractivity contribution in [2.24, 2.45) is 17.6 Å². The van der Waals surface area contributed by atoms with Gasteiger partial charge in [0.05, 0.1) is 22.5 Å². The normalized spacial score (nSPS) is 17.9. The van der Waals surface area contributed by atoms with E-state index in [1.54, 1.807) is 18.2 Å². The number of benzene rings is 2. The minimum atomic E-state index is -4.61. The van der Waals surface area contributed by atoms with Crippen LogP contribution >= 0.6 is 23.6 Å². The fourth-order valence-corrected chi connectivity index (χ4v) is 7.67. The number of halogens is 4. The molecule has 260 valence electrons. The number of thiophene rings is 1. The van der Waals surface area contributed by atoms with E-state index in [9.17, 15) is 31.9 Å². The molecule has 0 saturated carbocycles. The summed E-state index contributed by atoms with van der Waals surface area (Å²) in [5, 5.41) is 7.86. The largest absolute Gasteiger partial charge is 0.418 e. The molecule has 0 aliphatic heterocycles. The second kappa shape index (κ2) is 14.8. The Bertz CT molecular complexity index is 1860. The molecular weight excluding hydrogens is 677 g/mol. The molecule has 49 heavy (non-hydrogen) atoms. The Morgan fingerprint density at radius 2 is 1.86 bits per heavy atom. The third-order valence-corrected chi connectivity index (χ3v) is 10.8. The van der Waals surface area contributed by atoms with Crippen LogP contribution in [0.2, 0.25) is 0 Å². The summed E-state index contributed by atoms with van der Waals surface area (Å²) in [6, 6.07) is 12.2. The molecule has 5 N–H and O–H groups in total. The van der Waals surface area contributed by atoms with Gasteiger partial charge in [-0.2, -0.15) is 13.2 Å². The molecule has 2 heterocycles. The Kier molecular flexibility index (Phi) is 10.9. The van der Waals surface area contributed by atoms with Crippen LogP contribution in [0.1, 0.15) is 60.4 Å². The molecule has 2 aromatic carbocycles. The number of aromatic amines is 1. The van der Waals surface area contributed by atoms with Crippen LogP contribution in [0.4, 0.5) is 17.6 Å². The lowest BCUT2D eigenvalue weighted by Crippen LogP contribution is -2.62. The quantitative estimate of drug-likeness (QED) is 0.0920. The van der Waals surface area contributed by atoms with Crippen LogP contribution < -0.4 is 16.4 Å². The number of rotatable bonds is 13. The molecule has 7 nitrogen and oxygen atoms in total. The van der Waals surface area contributed by atoms with Crippen molar-refractivity contribution in [1.29, 1.82) is 0 Å². The third kappa shape index (κ3) is 8.04. The number of ketones is 1. The van der Waals surface area contributed by atoms with E-state index in [-0.39, 0.29) is 66.3 Å². The number of aryl methyl sites for hydroxylation is 1. The number of alkyl halides is 3. The third-order valence-electron chi connectivity index (χ3n) is 9.56. The Morgan fingerprint density at radius 3 is 2.51 bits per heavy atom. The molecule has 4 atom stereocenters. The summed E-state index contributed by atoms with van der Waals surface area (Å²) < 4.78 is 56.2. The van der Waals surface area contributed by atoms with E-state index in [1.807, 2.05) is 25.3 Å². The summed E-state index contributed by atoms with van der Waals surface area (Å²) in [6.07, 6.45) is -3.99. The minimum Gasteiger partial charge on any atom is -0.393 e. The maximum atomic E-state index is 14.5. The molecule has 0 bridgehead atoms. The van der Waals surface area contributed by atoms with Crippen molar-refractivity contribution < 1.29 is 31.9 Å². The molecule has 0 spiro atoms. The highest BCUT2D eigenvalue weighted by Crippen LogP contribution is 2.41. The summed E-state index contributed by atoms with van der Waals surface area (Å²) in [5.74, 6) is -2.64. The summed E-state index contributed by atoms with van der Waals surface area (Å²) in [7, 11) is 0. The molecule has 2 aromatic heterocycles. The molecule has 2 amide bonds. The maximum absolute atomic E-state index is 14.5. The highest BCUT2D eigenvalue weighted by Gasteiger charge is 2.46. The molecule has 0 fully saturated rings. The van der Waals surface area contributed by atoms with E-state index in [0.717, 1.165) is 10.9 Å². The number of H-pyrrole nitrogens is 1. The number of carbonyl (C=O) groups is 3. The Morgan fingerprint density at radius 1 is 1.10 bits per heavy atom. The molecule has 5 rings (SSSR count). The zero-order valence-electron chi connectivity index (χ0n) is 27.1. The van der Waals surface area contributed by atoms with E-state index in [1.165, 1.54) is 35.6 Å². The molecular formula is C36H38F4N4O3S2. The van der Waals surface area contributed by atoms with Gasteiger partial charge in [-0.1, -0.05) is 68.9 Å². The average molecular weight is 715 g/mol. The predicted octanol–water partition coefficient (Wildman–Crippen LogP) is 6.61. The van der Waals surface area contributed by atoms with Gasteiger partial charge in [0.15, 0.2) is 5.78 Å². The van der Waals surface area contributed by atoms with Gasteiger partial charge < -0.3 is 21.4 Å². The van der Waals surface area contributed by atoms with Gasteiger partial charge >= 0.3 is 6.18 Å². The average Bonchev–Trinajstić information content (AvgIpc) is 3.70. The Balaban J connectivity index is 1.51. The van der Waals surface area contributed by atoms with E-state index >= 15 is 0 Å². The second-order valence-corrected chi connectivity index (χ2v) is 14.3. The predicted molar refractivity (Wildman–Crippen MR) is 186 cm³/mol. The lowest BCUT2D eigenvalue weighted by molar-refractivity contribution is -0.136. The van der Waals surface area contributed by atoms with Crippen LogP contribution in [0.15, 0.2) is 60.0 Å². The van der Waals surface area contributed by atoms with Gasteiger partial charge in [0.25, 0.3) is 0 Å². The van der Waals surface area contributed by atoms with Crippen LogP contribution in [0, 0.1) is 17.7 Å². The van der Waals surface area contributed by atoms with Gasteiger partial charge in [0, 0.05) is 41.1 Å². The van der Waals surface area contributed by atoms with Crippen molar-refractivity contribution in [3.05, 3.63) is 93.1 Å². The van der Waals surface area contributed by atoms with Gasteiger partial charge in [-0.15, -0.1) is 11.3 Å². The first-order chi connectivity index (χ1) is 23.2. The fourth-order valence-electron chi connectivity index (χ4n) is 6.61. The van der Waals surface area contributed by atoms with E-state index in [4.69, 9.17) is 18.0 Å². The number of carbonyl (C=O) groups excluding carboxylic acids is 3. The maximum Gasteiger partial charge on any atom is 0.418 e. The van der Waals surface area contributed by atoms with Gasteiger partial charge in [0.2, 0.25) is 11.8 Å². The second-order valence-electron chi connectivity index (χ2n) is 12.7. The molecule has 1 unspecified atom stereocenters. The van der Waals surface area contributed by atoms with E-state index in [2.05, 4.69) is 15.6 Å². The monoisotopic (exact) mass is 714 g/mol. The summed E-state index contributed by atoms with van der Waals surface area (Å²) in [6.45, 7) is 3.88. The van der Waals surface area contributed by atoms with Crippen LogP contribution in [-0.2, 0) is 46.2 Å². The SMILES string of the molecule is CCC(C)[C@H](CC(=O)[C@@]1(NC(=O)[C@@H](Cc2cccs2)NC(=O)Cc2ccccc2F)CCc2[nH]c3c(C(F)(F)F)cccc3c2C1)C(N)=S. The number of hydrogen-bond donors (Lipinski definition) is 4. The molecule has 4 aromatic rings. The highest BCUT2D eigenvalue weighted by atomic mass is 32.1. The van der Waals surface area contributed by atoms with E-state index in [0.29, 0.717) is 23.1 Å². The van der Waals surface area contributed by atoms with Crippen molar-refractivity contribution >= 4 is 57.0 Å². The lowest BCUT2D eigenvalue weighted by Gasteiger charge is -2.39. The van der Waals surface area contributed by atoms with Crippen molar-refractivity contribution in [3.63, 3.8) is 0 Å². The number of fused-ring (bicyclic) bond motifs is 3. The Hall–Kier alpha value is -4.10. The molecule has 1 aliphatic carbocycles. The molecule has 0 radical (unpaired) electrons. The summed E-state index contributed by atoms with van der Waals surface area (Å²) in [5.41, 5.74) is 4.89. The first-order valence-corrected chi connectivity index (χ1v) is 17.4. The first kappa shape index (κ1) is 36.2.